The molecule has 1 fully saturated rings. The second-order valence-electron chi connectivity index (χ2n) is 4.26. The molecule has 2 atom stereocenters. The summed E-state index contributed by atoms with van der Waals surface area (Å²) in [7, 11) is 0. The standard InChI is InChI=1S/C12H14BrFO2/c1-8-12(15,5-6-16-8)7-9-3-2-4-10(14)11(9)13/h2-4,8,15H,5-7H2,1H3. The molecule has 0 spiro atoms. The van der Waals surface area contributed by atoms with E-state index in [0.717, 1.165) is 5.56 Å². The van der Waals surface area contributed by atoms with E-state index in [1.807, 2.05) is 13.0 Å². The summed E-state index contributed by atoms with van der Waals surface area (Å²) in [5, 5.41) is 10.4. The summed E-state index contributed by atoms with van der Waals surface area (Å²) in [5.41, 5.74) is -0.101. The Morgan fingerprint density at radius 1 is 1.62 bits per heavy atom. The fourth-order valence-corrected chi connectivity index (χ4v) is 2.42. The van der Waals surface area contributed by atoms with Gasteiger partial charge in [-0.1, -0.05) is 12.1 Å². The highest BCUT2D eigenvalue weighted by molar-refractivity contribution is 9.10. The summed E-state index contributed by atoms with van der Waals surface area (Å²) in [4.78, 5) is 0. The number of benzene rings is 1. The Bertz CT molecular complexity index is 397. The fourth-order valence-electron chi connectivity index (χ4n) is 2.02. The molecule has 2 rings (SSSR count). The molecule has 1 heterocycles. The molecule has 88 valence electrons. The van der Waals surface area contributed by atoms with Crippen molar-refractivity contribution in [3.63, 3.8) is 0 Å². The molecule has 2 nitrogen and oxygen atoms in total. The van der Waals surface area contributed by atoms with Crippen LogP contribution in [0.5, 0.6) is 0 Å². The van der Waals surface area contributed by atoms with E-state index in [-0.39, 0.29) is 11.9 Å². The first-order valence-electron chi connectivity index (χ1n) is 5.30. The van der Waals surface area contributed by atoms with Gasteiger partial charge in [-0.05, 0) is 34.5 Å². The Kier molecular flexibility index (Phi) is 3.33. The summed E-state index contributed by atoms with van der Waals surface area (Å²) in [5.74, 6) is -0.298. The molecular weight excluding hydrogens is 275 g/mol. The van der Waals surface area contributed by atoms with Crippen molar-refractivity contribution < 1.29 is 14.2 Å². The highest BCUT2D eigenvalue weighted by Crippen LogP contribution is 2.32. The summed E-state index contributed by atoms with van der Waals surface area (Å²) < 4.78 is 19.1. The minimum absolute atomic E-state index is 0.206. The topological polar surface area (TPSA) is 29.5 Å². The number of hydrogen-bond donors (Lipinski definition) is 1. The third-order valence-electron chi connectivity index (χ3n) is 3.19. The molecule has 0 radical (unpaired) electrons. The summed E-state index contributed by atoms with van der Waals surface area (Å²) in [6.45, 7) is 2.41. The maximum absolute atomic E-state index is 13.3. The number of ether oxygens (including phenoxy) is 1. The third-order valence-corrected chi connectivity index (χ3v) is 4.08. The normalized spacial score (nSPS) is 29.6. The van der Waals surface area contributed by atoms with Gasteiger partial charge in [-0.3, -0.25) is 0 Å². The Morgan fingerprint density at radius 2 is 2.38 bits per heavy atom. The highest BCUT2D eigenvalue weighted by Gasteiger charge is 2.39. The van der Waals surface area contributed by atoms with Crippen LogP contribution in [0, 0.1) is 5.82 Å². The molecule has 1 saturated heterocycles. The van der Waals surface area contributed by atoms with E-state index in [1.54, 1.807) is 6.07 Å². The minimum atomic E-state index is -0.879. The Labute approximate surface area is 103 Å². The first-order valence-corrected chi connectivity index (χ1v) is 6.09. The molecule has 0 bridgehead atoms. The van der Waals surface area contributed by atoms with Gasteiger partial charge in [-0.25, -0.2) is 4.39 Å². The van der Waals surface area contributed by atoms with Crippen molar-refractivity contribution in [3.05, 3.63) is 34.1 Å². The third kappa shape index (κ3) is 2.14. The van der Waals surface area contributed by atoms with Gasteiger partial charge in [-0.15, -0.1) is 0 Å². The van der Waals surface area contributed by atoms with Crippen LogP contribution < -0.4 is 0 Å². The van der Waals surface area contributed by atoms with Gasteiger partial charge in [-0.2, -0.15) is 0 Å². The fraction of sp³-hybridized carbons (Fsp3) is 0.500. The van der Waals surface area contributed by atoms with E-state index in [9.17, 15) is 9.50 Å². The SMILES string of the molecule is CC1OCCC1(O)Cc1cccc(F)c1Br. The van der Waals surface area contributed by atoms with Crippen molar-refractivity contribution in [2.24, 2.45) is 0 Å². The smallest absolute Gasteiger partial charge is 0.137 e. The predicted octanol–water partition coefficient (Wildman–Crippen LogP) is 2.67. The lowest BCUT2D eigenvalue weighted by atomic mass is 9.89. The van der Waals surface area contributed by atoms with Gasteiger partial charge in [0.25, 0.3) is 0 Å². The Morgan fingerprint density at radius 3 is 3.00 bits per heavy atom. The first-order chi connectivity index (χ1) is 7.53. The highest BCUT2D eigenvalue weighted by atomic mass is 79.9. The van der Waals surface area contributed by atoms with Crippen molar-refractivity contribution in [1.29, 1.82) is 0 Å². The molecule has 0 aromatic heterocycles. The van der Waals surface area contributed by atoms with Crippen LogP contribution in [0.1, 0.15) is 18.9 Å². The van der Waals surface area contributed by atoms with E-state index in [2.05, 4.69) is 15.9 Å². The van der Waals surface area contributed by atoms with E-state index in [1.165, 1.54) is 6.07 Å². The molecule has 1 aliphatic heterocycles. The second kappa shape index (κ2) is 4.43. The molecule has 0 saturated carbocycles. The Hall–Kier alpha value is -0.450. The average molecular weight is 289 g/mol. The molecule has 1 aromatic rings. The van der Waals surface area contributed by atoms with E-state index in [4.69, 9.17) is 4.74 Å². The zero-order valence-electron chi connectivity index (χ0n) is 9.04. The quantitative estimate of drug-likeness (QED) is 0.907. The van der Waals surface area contributed by atoms with Gasteiger partial charge < -0.3 is 9.84 Å². The molecule has 2 unspecified atom stereocenters. The monoisotopic (exact) mass is 288 g/mol. The second-order valence-corrected chi connectivity index (χ2v) is 5.05. The number of hydrogen-bond acceptors (Lipinski definition) is 2. The largest absolute Gasteiger partial charge is 0.387 e. The van der Waals surface area contributed by atoms with E-state index in [0.29, 0.717) is 23.9 Å². The number of halogens is 2. The average Bonchev–Trinajstić information content (AvgIpc) is 2.55. The van der Waals surface area contributed by atoms with Gasteiger partial charge in [0, 0.05) is 19.4 Å². The van der Waals surface area contributed by atoms with Crippen LogP contribution >= 0.6 is 15.9 Å². The van der Waals surface area contributed by atoms with Crippen molar-refractivity contribution in [2.75, 3.05) is 6.61 Å². The minimum Gasteiger partial charge on any atom is -0.387 e. The molecule has 4 heteroatoms. The Balaban J connectivity index is 2.24. The van der Waals surface area contributed by atoms with Gasteiger partial charge in [0.05, 0.1) is 16.2 Å². The van der Waals surface area contributed by atoms with E-state index < -0.39 is 5.60 Å². The molecular formula is C12H14BrFO2. The van der Waals surface area contributed by atoms with Gasteiger partial charge in [0.1, 0.15) is 5.82 Å². The van der Waals surface area contributed by atoms with E-state index >= 15 is 0 Å². The van der Waals surface area contributed by atoms with Gasteiger partial charge >= 0.3 is 0 Å². The van der Waals surface area contributed by atoms with Crippen molar-refractivity contribution >= 4 is 15.9 Å². The lowest BCUT2D eigenvalue weighted by molar-refractivity contribution is -0.0270. The molecule has 0 aliphatic carbocycles. The van der Waals surface area contributed by atoms with Crippen LogP contribution in [-0.2, 0) is 11.2 Å². The zero-order valence-corrected chi connectivity index (χ0v) is 10.6. The summed E-state index contributed by atoms with van der Waals surface area (Å²) in [6.07, 6.45) is 0.798. The van der Waals surface area contributed by atoms with Gasteiger partial charge in [0.15, 0.2) is 0 Å². The molecule has 16 heavy (non-hydrogen) atoms. The van der Waals surface area contributed by atoms with Crippen LogP contribution in [-0.4, -0.2) is 23.4 Å². The number of aliphatic hydroxyl groups is 1. The molecule has 1 aliphatic rings. The van der Waals surface area contributed by atoms with Crippen molar-refractivity contribution in [2.45, 2.75) is 31.5 Å². The van der Waals surface area contributed by atoms with Crippen LogP contribution in [0.3, 0.4) is 0 Å². The maximum atomic E-state index is 13.3. The van der Waals surface area contributed by atoms with Crippen molar-refractivity contribution in [1.82, 2.24) is 0 Å². The maximum Gasteiger partial charge on any atom is 0.137 e. The van der Waals surface area contributed by atoms with Crippen LogP contribution in [0.2, 0.25) is 0 Å². The van der Waals surface area contributed by atoms with Crippen LogP contribution in [0.15, 0.2) is 22.7 Å². The van der Waals surface area contributed by atoms with Crippen LogP contribution in [0.25, 0.3) is 0 Å². The van der Waals surface area contributed by atoms with Gasteiger partial charge in [0.2, 0.25) is 0 Å². The summed E-state index contributed by atoms with van der Waals surface area (Å²) >= 11 is 3.20. The lowest BCUT2D eigenvalue weighted by Gasteiger charge is -2.26. The number of rotatable bonds is 2. The van der Waals surface area contributed by atoms with Crippen molar-refractivity contribution in [3.8, 4) is 0 Å². The predicted molar refractivity (Wildman–Crippen MR) is 62.8 cm³/mol. The molecule has 1 aromatic carbocycles. The lowest BCUT2D eigenvalue weighted by Crippen LogP contribution is -2.38. The summed E-state index contributed by atoms with van der Waals surface area (Å²) in [6, 6.07) is 4.86. The molecule has 0 amide bonds. The molecule has 1 N–H and O–H groups in total. The van der Waals surface area contributed by atoms with Crippen LogP contribution in [0.4, 0.5) is 4.39 Å². The first kappa shape index (κ1) is 12.0. The zero-order chi connectivity index (χ0) is 11.8.